The van der Waals surface area contributed by atoms with Crippen LogP contribution in [-0.2, 0) is 0 Å². The molecular weight excluding hydrogens is 468 g/mol. The third kappa shape index (κ3) is 5.60. The Bertz CT molecular complexity index is 1410. The zero-order chi connectivity index (χ0) is 26.2. The molecule has 1 aromatic heterocycles. The highest BCUT2D eigenvalue weighted by Gasteiger charge is 2.23. The zero-order valence-corrected chi connectivity index (χ0v) is 21.3. The molecule has 0 radical (unpaired) electrons. The van der Waals surface area contributed by atoms with Crippen LogP contribution in [0.25, 0.3) is 22.5 Å². The summed E-state index contributed by atoms with van der Waals surface area (Å²) in [5, 5.41) is 10.1. The highest BCUT2D eigenvalue weighted by atomic mass is 16.5. The summed E-state index contributed by atoms with van der Waals surface area (Å²) in [6.07, 6.45) is 1.65. The van der Waals surface area contributed by atoms with Crippen LogP contribution >= 0.6 is 0 Å². The summed E-state index contributed by atoms with van der Waals surface area (Å²) in [6, 6.07) is 22.8. The Kier molecular flexibility index (Phi) is 8.11. The van der Waals surface area contributed by atoms with Crippen molar-refractivity contribution < 1.29 is 23.4 Å². The van der Waals surface area contributed by atoms with Crippen molar-refractivity contribution >= 4 is 12.1 Å². The lowest BCUT2D eigenvalue weighted by atomic mass is 9.98. The molecule has 4 aromatic rings. The SMILES string of the molecule is CCOc1ccc(C=Nc2oc(-c3ccc(OC)cc3)c(-c3ccc(OC)cc3)c2C#N)cc1OCC. The maximum atomic E-state index is 10.1. The van der Waals surface area contributed by atoms with Crippen molar-refractivity contribution in [2.75, 3.05) is 27.4 Å². The molecule has 0 fully saturated rings. The number of aliphatic imine (C=N–C) groups is 1. The monoisotopic (exact) mass is 496 g/mol. The Labute approximate surface area is 216 Å². The highest BCUT2D eigenvalue weighted by molar-refractivity contribution is 5.90. The summed E-state index contributed by atoms with van der Waals surface area (Å²) in [7, 11) is 3.23. The van der Waals surface area contributed by atoms with Gasteiger partial charge in [0.25, 0.3) is 0 Å². The molecule has 0 N–H and O–H groups in total. The first-order valence-corrected chi connectivity index (χ1v) is 11.9. The average molecular weight is 497 g/mol. The van der Waals surface area contributed by atoms with Crippen LogP contribution in [-0.4, -0.2) is 33.6 Å². The van der Waals surface area contributed by atoms with Crippen LogP contribution in [0.5, 0.6) is 23.0 Å². The molecule has 4 rings (SSSR count). The van der Waals surface area contributed by atoms with Crippen molar-refractivity contribution in [3.05, 3.63) is 77.9 Å². The third-order valence-electron chi connectivity index (χ3n) is 5.63. The van der Waals surface area contributed by atoms with Crippen molar-refractivity contribution in [1.29, 1.82) is 5.26 Å². The smallest absolute Gasteiger partial charge is 0.238 e. The first kappa shape index (κ1) is 25.4. The molecule has 0 amide bonds. The van der Waals surface area contributed by atoms with Crippen LogP contribution in [0.1, 0.15) is 25.0 Å². The van der Waals surface area contributed by atoms with E-state index in [9.17, 15) is 5.26 Å². The fourth-order valence-electron chi connectivity index (χ4n) is 3.87. The minimum absolute atomic E-state index is 0.214. The lowest BCUT2D eigenvalue weighted by molar-refractivity contribution is 0.288. The highest BCUT2D eigenvalue weighted by Crippen LogP contribution is 2.43. The molecule has 0 spiro atoms. The largest absolute Gasteiger partial charge is 0.497 e. The summed E-state index contributed by atoms with van der Waals surface area (Å²) >= 11 is 0. The molecule has 0 unspecified atom stereocenters. The van der Waals surface area contributed by atoms with Gasteiger partial charge in [0, 0.05) is 17.3 Å². The lowest BCUT2D eigenvalue weighted by Crippen LogP contribution is -1.99. The van der Waals surface area contributed by atoms with Gasteiger partial charge < -0.3 is 23.4 Å². The lowest BCUT2D eigenvalue weighted by Gasteiger charge is -2.10. The Balaban J connectivity index is 1.81. The van der Waals surface area contributed by atoms with Crippen LogP contribution in [0.4, 0.5) is 5.88 Å². The number of nitriles is 1. The van der Waals surface area contributed by atoms with Crippen molar-refractivity contribution in [1.82, 2.24) is 0 Å². The van der Waals surface area contributed by atoms with Gasteiger partial charge in [-0.2, -0.15) is 5.26 Å². The van der Waals surface area contributed by atoms with Crippen LogP contribution < -0.4 is 18.9 Å². The Morgan fingerprint density at radius 1 is 0.811 bits per heavy atom. The van der Waals surface area contributed by atoms with E-state index in [1.165, 1.54) is 0 Å². The van der Waals surface area contributed by atoms with Gasteiger partial charge in [0.1, 0.15) is 28.9 Å². The third-order valence-corrected chi connectivity index (χ3v) is 5.63. The first-order valence-electron chi connectivity index (χ1n) is 11.9. The van der Waals surface area contributed by atoms with E-state index in [0.29, 0.717) is 41.6 Å². The maximum absolute atomic E-state index is 10.1. The topological polar surface area (TPSA) is 86.2 Å². The molecule has 0 saturated heterocycles. The molecule has 188 valence electrons. The van der Waals surface area contributed by atoms with Gasteiger partial charge in [0.05, 0.1) is 27.4 Å². The van der Waals surface area contributed by atoms with Gasteiger partial charge in [-0.3, -0.25) is 0 Å². The fourth-order valence-corrected chi connectivity index (χ4v) is 3.87. The zero-order valence-electron chi connectivity index (χ0n) is 21.3. The van der Waals surface area contributed by atoms with E-state index in [4.69, 9.17) is 23.4 Å². The Morgan fingerprint density at radius 3 is 1.97 bits per heavy atom. The fraction of sp³-hybridized carbons (Fsp3) is 0.200. The molecule has 0 atom stereocenters. The van der Waals surface area contributed by atoms with Crippen molar-refractivity contribution in [3.63, 3.8) is 0 Å². The minimum Gasteiger partial charge on any atom is -0.497 e. The van der Waals surface area contributed by atoms with Crippen molar-refractivity contribution in [2.24, 2.45) is 4.99 Å². The van der Waals surface area contributed by atoms with E-state index in [1.54, 1.807) is 20.4 Å². The number of ether oxygens (including phenoxy) is 4. The maximum Gasteiger partial charge on any atom is 0.238 e. The van der Waals surface area contributed by atoms with Gasteiger partial charge >= 0.3 is 0 Å². The average Bonchev–Trinajstić information content (AvgIpc) is 3.32. The van der Waals surface area contributed by atoms with Crippen LogP contribution in [0.3, 0.4) is 0 Å². The minimum atomic E-state index is 0.214. The predicted molar refractivity (Wildman–Crippen MR) is 143 cm³/mol. The van der Waals surface area contributed by atoms with E-state index in [-0.39, 0.29) is 5.88 Å². The van der Waals surface area contributed by atoms with E-state index in [2.05, 4.69) is 11.1 Å². The van der Waals surface area contributed by atoms with E-state index in [1.807, 2.05) is 80.6 Å². The molecule has 0 saturated carbocycles. The standard InChI is InChI=1S/C30H28N2O5/c1-5-35-26-16-7-20(17-27(26)36-6-2)19-32-30-25(18-31)28(21-8-12-23(33-3)13-9-21)29(37-30)22-10-14-24(34-4)15-11-22/h7-17,19H,5-6H2,1-4H3. The number of furan rings is 1. The predicted octanol–water partition coefficient (Wildman–Crippen LogP) is 7.05. The number of hydrogen-bond acceptors (Lipinski definition) is 7. The summed E-state index contributed by atoms with van der Waals surface area (Å²) in [5.41, 5.74) is 3.38. The van der Waals surface area contributed by atoms with Gasteiger partial charge in [0.2, 0.25) is 5.88 Å². The van der Waals surface area contributed by atoms with Gasteiger partial charge in [-0.25, -0.2) is 4.99 Å². The Hall–Kier alpha value is -4.70. The molecule has 7 heteroatoms. The first-order chi connectivity index (χ1) is 18.1. The summed E-state index contributed by atoms with van der Waals surface area (Å²) in [5.74, 6) is 3.49. The molecule has 0 aliphatic heterocycles. The van der Waals surface area contributed by atoms with Crippen molar-refractivity contribution in [3.8, 4) is 51.5 Å². The van der Waals surface area contributed by atoms with Crippen LogP contribution in [0.2, 0.25) is 0 Å². The van der Waals surface area contributed by atoms with Crippen LogP contribution in [0, 0.1) is 11.3 Å². The molecular formula is C30H28N2O5. The number of hydrogen-bond donors (Lipinski definition) is 0. The molecule has 3 aromatic carbocycles. The molecule has 0 bridgehead atoms. The number of benzene rings is 3. The van der Waals surface area contributed by atoms with Crippen molar-refractivity contribution in [2.45, 2.75) is 13.8 Å². The van der Waals surface area contributed by atoms with E-state index >= 15 is 0 Å². The van der Waals surface area contributed by atoms with Crippen LogP contribution in [0.15, 0.2) is 76.1 Å². The molecule has 7 nitrogen and oxygen atoms in total. The number of rotatable bonds is 10. The van der Waals surface area contributed by atoms with E-state index < -0.39 is 0 Å². The normalized spacial score (nSPS) is 10.8. The van der Waals surface area contributed by atoms with Gasteiger partial charge in [-0.15, -0.1) is 0 Å². The second-order valence-electron chi connectivity index (χ2n) is 7.89. The van der Waals surface area contributed by atoms with Gasteiger partial charge in [0.15, 0.2) is 11.5 Å². The summed E-state index contributed by atoms with van der Waals surface area (Å²) in [6.45, 7) is 4.88. The quantitative estimate of drug-likeness (QED) is 0.219. The van der Waals surface area contributed by atoms with Gasteiger partial charge in [-0.05, 0) is 79.6 Å². The number of methoxy groups -OCH3 is 2. The molecule has 0 aliphatic rings. The molecule has 37 heavy (non-hydrogen) atoms. The summed E-state index contributed by atoms with van der Waals surface area (Å²) in [4.78, 5) is 4.56. The second kappa shape index (κ2) is 11.8. The Morgan fingerprint density at radius 2 is 1.41 bits per heavy atom. The van der Waals surface area contributed by atoms with Gasteiger partial charge in [-0.1, -0.05) is 12.1 Å². The summed E-state index contributed by atoms with van der Waals surface area (Å²) < 4.78 is 28.2. The second-order valence-corrected chi connectivity index (χ2v) is 7.89. The van der Waals surface area contributed by atoms with E-state index in [0.717, 1.165) is 28.2 Å². The number of nitrogens with zero attached hydrogens (tertiary/aromatic N) is 2. The molecule has 0 aliphatic carbocycles. The molecule has 1 heterocycles.